The molecule has 0 saturated heterocycles. The Hall–Kier alpha value is -1.49. The molecule has 1 heterocycles. The van der Waals surface area contributed by atoms with E-state index in [9.17, 15) is 4.79 Å². The molecule has 1 aromatic rings. The Morgan fingerprint density at radius 3 is 2.59 bits per heavy atom. The molecule has 2 N–H and O–H groups in total. The Morgan fingerprint density at radius 2 is 2.06 bits per heavy atom. The minimum absolute atomic E-state index is 0.0630. The van der Waals surface area contributed by atoms with Gasteiger partial charge in [0.2, 0.25) is 5.91 Å². The summed E-state index contributed by atoms with van der Waals surface area (Å²) in [6.45, 7) is 5.45. The van der Waals surface area contributed by atoms with Crippen LogP contribution in [0.3, 0.4) is 0 Å². The van der Waals surface area contributed by atoms with E-state index < -0.39 is 0 Å². The molecule has 5 heteroatoms. The number of thioether (sulfide) groups is 1. The van der Waals surface area contributed by atoms with E-state index in [-0.39, 0.29) is 10.8 Å². The van der Waals surface area contributed by atoms with Gasteiger partial charge in [0.15, 0.2) is 0 Å². The molecule has 0 atom stereocenters. The number of nitrogens with two attached hydrogens (primary N) is 1. The van der Waals surface area contributed by atoms with Crippen molar-refractivity contribution < 1.29 is 4.79 Å². The van der Waals surface area contributed by atoms with Gasteiger partial charge in [0.25, 0.3) is 0 Å². The molecule has 1 aliphatic rings. The monoisotopic (exact) mass is 249 g/mol. The molecule has 1 aromatic carbocycles. The summed E-state index contributed by atoms with van der Waals surface area (Å²) in [5, 5.41) is 6.65. The van der Waals surface area contributed by atoms with Crippen molar-refractivity contribution in [1.82, 2.24) is 5.01 Å². The smallest absolute Gasteiger partial charge is 0.240 e. The summed E-state index contributed by atoms with van der Waals surface area (Å²) in [5.41, 5.74) is 7.48. The Bertz CT molecular complexity index is 496. The Balaban J connectivity index is 2.40. The Labute approximate surface area is 105 Å². The van der Waals surface area contributed by atoms with E-state index in [4.69, 9.17) is 5.73 Å². The van der Waals surface area contributed by atoms with Crippen molar-refractivity contribution in [3.63, 3.8) is 0 Å². The summed E-state index contributed by atoms with van der Waals surface area (Å²) in [6.07, 6.45) is 0. The number of carbonyl (C=O) groups is 1. The Morgan fingerprint density at radius 1 is 1.41 bits per heavy atom. The summed E-state index contributed by atoms with van der Waals surface area (Å²) in [5.74, 6) is -0.0630. The molecule has 0 unspecified atom stereocenters. The van der Waals surface area contributed by atoms with Crippen molar-refractivity contribution >= 4 is 28.4 Å². The normalized spacial score (nSPS) is 18.1. The Kier molecular flexibility index (Phi) is 2.87. The maximum Gasteiger partial charge on any atom is 0.240 e. The van der Waals surface area contributed by atoms with Crippen LogP contribution in [0.1, 0.15) is 26.3 Å². The zero-order valence-corrected chi connectivity index (χ0v) is 10.9. The SMILES string of the molecule is CC(=O)N1N=C(c2ccccc2N)SC1(C)C. The molecule has 0 fully saturated rings. The van der Waals surface area contributed by atoms with Crippen LogP contribution >= 0.6 is 11.8 Å². The third-order valence-electron chi connectivity index (χ3n) is 2.54. The number of carbonyl (C=O) groups excluding carboxylic acids is 1. The topological polar surface area (TPSA) is 58.7 Å². The number of benzene rings is 1. The molecule has 4 nitrogen and oxygen atoms in total. The first kappa shape index (κ1) is 12.0. The van der Waals surface area contributed by atoms with E-state index >= 15 is 0 Å². The van der Waals surface area contributed by atoms with Gasteiger partial charge in [0, 0.05) is 18.2 Å². The minimum Gasteiger partial charge on any atom is -0.398 e. The molecule has 1 amide bonds. The van der Waals surface area contributed by atoms with Gasteiger partial charge in [-0.15, -0.1) is 0 Å². The lowest BCUT2D eigenvalue weighted by molar-refractivity contribution is -0.131. The molecule has 0 aromatic heterocycles. The largest absolute Gasteiger partial charge is 0.398 e. The number of nitrogens with zero attached hydrogens (tertiary/aromatic N) is 2. The standard InChI is InChI=1S/C12H15N3OS/c1-8(16)15-12(2,3)17-11(14-15)9-6-4-5-7-10(9)13/h4-7H,13H2,1-3H3. The highest BCUT2D eigenvalue weighted by Crippen LogP contribution is 2.39. The van der Waals surface area contributed by atoms with E-state index in [1.165, 1.54) is 11.9 Å². The summed E-state index contributed by atoms with van der Waals surface area (Å²) in [4.78, 5) is 11.1. The maximum absolute atomic E-state index is 11.5. The lowest BCUT2D eigenvalue weighted by Gasteiger charge is -2.25. The molecule has 1 aliphatic heterocycles. The van der Waals surface area contributed by atoms with Gasteiger partial charge >= 0.3 is 0 Å². The van der Waals surface area contributed by atoms with Gasteiger partial charge in [0.1, 0.15) is 9.91 Å². The van der Waals surface area contributed by atoms with Crippen molar-refractivity contribution in [3.8, 4) is 0 Å². The highest BCUT2D eigenvalue weighted by atomic mass is 32.2. The van der Waals surface area contributed by atoms with Crippen molar-refractivity contribution in [2.45, 2.75) is 25.6 Å². The van der Waals surface area contributed by atoms with Crippen LogP contribution in [-0.4, -0.2) is 20.8 Å². The number of hydrogen-bond donors (Lipinski definition) is 1. The molecule has 0 saturated carbocycles. The molecule has 2 rings (SSSR count). The van der Waals surface area contributed by atoms with Crippen LogP contribution in [0.15, 0.2) is 29.4 Å². The second kappa shape index (κ2) is 4.07. The molecule has 0 bridgehead atoms. The fourth-order valence-electron chi connectivity index (χ4n) is 1.76. The zero-order chi connectivity index (χ0) is 12.6. The third-order valence-corrected chi connectivity index (χ3v) is 3.70. The molecule has 0 spiro atoms. The first-order valence-corrected chi connectivity index (χ1v) is 6.17. The molecule has 0 aliphatic carbocycles. The lowest BCUT2D eigenvalue weighted by atomic mass is 10.2. The van der Waals surface area contributed by atoms with Crippen molar-refractivity contribution in [1.29, 1.82) is 0 Å². The number of amides is 1. The number of anilines is 1. The van der Waals surface area contributed by atoms with E-state index in [2.05, 4.69) is 5.10 Å². The molecule has 90 valence electrons. The first-order chi connectivity index (χ1) is 7.92. The van der Waals surface area contributed by atoms with E-state index in [0.29, 0.717) is 5.69 Å². The van der Waals surface area contributed by atoms with Gasteiger partial charge in [-0.2, -0.15) is 5.10 Å². The van der Waals surface area contributed by atoms with Crippen molar-refractivity contribution in [3.05, 3.63) is 29.8 Å². The lowest BCUT2D eigenvalue weighted by Crippen LogP contribution is -2.36. The molecule has 17 heavy (non-hydrogen) atoms. The fraction of sp³-hybridized carbons (Fsp3) is 0.333. The van der Waals surface area contributed by atoms with Crippen LogP contribution in [0.2, 0.25) is 0 Å². The van der Waals surface area contributed by atoms with Crippen LogP contribution in [0.25, 0.3) is 0 Å². The quantitative estimate of drug-likeness (QED) is 0.777. The predicted molar refractivity (Wildman–Crippen MR) is 71.6 cm³/mol. The van der Waals surface area contributed by atoms with E-state index in [1.54, 1.807) is 11.8 Å². The highest BCUT2D eigenvalue weighted by molar-refractivity contribution is 8.15. The van der Waals surface area contributed by atoms with Gasteiger partial charge in [-0.05, 0) is 19.9 Å². The average Bonchev–Trinajstić information content (AvgIpc) is 2.55. The van der Waals surface area contributed by atoms with Gasteiger partial charge in [-0.3, -0.25) is 4.79 Å². The van der Waals surface area contributed by atoms with Gasteiger partial charge < -0.3 is 5.73 Å². The summed E-state index contributed by atoms with van der Waals surface area (Å²) < 4.78 is 0. The van der Waals surface area contributed by atoms with Crippen LogP contribution in [0.4, 0.5) is 5.69 Å². The zero-order valence-electron chi connectivity index (χ0n) is 10.1. The second-order valence-electron chi connectivity index (χ2n) is 4.37. The maximum atomic E-state index is 11.5. The number of hydrogen-bond acceptors (Lipinski definition) is 4. The van der Waals surface area contributed by atoms with Gasteiger partial charge in [-0.25, -0.2) is 5.01 Å². The minimum atomic E-state index is -0.358. The number of para-hydroxylation sites is 1. The van der Waals surface area contributed by atoms with Crippen molar-refractivity contribution in [2.24, 2.45) is 5.10 Å². The van der Waals surface area contributed by atoms with E-state index in [1.807, 2.05) is 38.1 Å². The van der Waals surface area contributed by atoms with Crippen LogP contribution in [-0.2, 0) is 4.79 Å². The highest BCUT2D eigenvalue weighted by Gasteiger charge is 2.38. The molecular formula is C12H15N3OS. The third kappa shape index (κ3) is 2.15. The summed E-state index contributed by atoms with van der Waals surface area (Å²) in [7, 11) is 0. The first-order valence-electron chi connectivity index (χ1n) is 5.35. The fourth-order valence-corrected chi connectivity index (χ4v) is 2.91. The summed E-state index contributed by atoms with van der Waals surface area (Å²) in [6, 6.07) is 7.55. The van der Waals surface area contributed by atoms with Crippen LogP contribution in [0, 0.1) is 0 Å². The van der Waals surface area contributed by atoms with E-state index in [0.717, 1.165) is 10.6 Å². The van der Waals surface area contributed by atoms with Crippen LogP contribution in [0.5, 0.6) is 0 Å². The average molecular weight is 249 g/mol. The van der Waals surface area contributed by atoms with Gasteiger partial charge in [0.05, 0.1) is 0 Å². The number of rotatable bonds is 1. The predicted octanol–water partition coefficient (Wildman–Crippen LogP) is 2.26. The molecular weight excluding hydrogens is 234 g/mol. The van der Waals surface area contributed by atoms with Crippen LogP contribution < -0.4 is 5.73 Å². The van der Waals surface area contributed by atoms with Crippen molar-refractivity contribution in [2.75, 3.05) is 5.73 Å². The number of hydrazone groups is 1. The number of nitrogen functional groups attached to an aromatic ring is 1. The molecule has 0 radical (unpaired) electrons. The van der Waals surface area contributed by atoms with Gasteiger partial charge in [-0.1, -0.05) is 30.0 Å². The summed E-state index contributed by atoms with van der Waals surface area (Å²) >= 11 is 1.55. The second-order valence-corrected chi connectivity index (χ2v) is 5.96.